The fraction of sp³-hybridized carbons (Fsp3) is 0.258. The Kier molecular flexibility index (Phi) is 7.56. The normalized spacial score (nSPS) is 14.7. The maximum atomic E-state index is 4.94. The first-order valence-corrected chi connectivity index (χ1v) is 13.0. The standard InChI is InChI=1S/C31H33BN4/c1-36(2)27-18-7-6-16-25(27)30(24-14-4-3-5-15-24)31(26-17-8-11-21-33-26)32(28-19-9-12-22-34-28)29-20-10-13-23-35-29/h6-13,16-24H,3-5,14-15H2,1-2H3/b31-30-. The van der Waals surface area contributed by atoms with Crippen molar-refractivity contribution in [3.8, 4) is 0 Å². The van der Waals surface area contributed by atoms with E-state index in [0.717, 1.165) is 16.9 Å². The number of para-hydroxylation sites is 1. The zero-order valence-corrected chi connectivity index (χ0v) is 21.2. The number of hydrogen-bond acceptors (Lipinski definition) is 4. The van der Waals surface area contributed by atoms with Gasteiger partial charge in [-0.3, -0.25) is 15.0 Å². The average molecular weight is 472 g/mol. The molecule has 0 radical (unpaired) electrons. The van der Waals surface area contributed by atoms with Gasteiger partial charge in [0.05, 0.1) is 5.69 Å². The number of aromatic nitrogens is 3. The fourth-order valence-electron chi connectivity index (χ4n) is 5.57. The highest BCUT2D eigenvalue weighted by Gasteiger charge is 2.35. The van der Waals surface area contributed by atoms with Crippen molar-refractivity contribution in [2.45, 2.75) is 32.1 Å². The summed E-state index contributed by atoms with van der Waals surface area (Å²) in [5, 5.41) is 0. The maximum absolute atomic E-state index is 4.94. The molecule has 0 unspecified atom stereocenters. The predicted octanol–water partition coefficient (Wildman–Crippen LogP) is 5.28. The van der Waals surface area contributed by atoms with Gasteiger partial charge in [0.2, 0.25) is 0 Å². The SMILES string of the molecule is CN(C)c1ccccc1/C(=C(\B(c1ccccn1)c1ccccn1)c1ccccn1)C1CCCCC1. The van der Waals surface area contributed by atoms with Crippen LogP contribution in [0.5, 0.6) is 0 Å². The van der Waals surface area contributed by atoms with Crippen molar-refractivity contribution < 1.29 is 0 Å². The summed E-state index contributed by atoms with van der Waals surface area (Å²) in [5.74, 6) is 0.451. The molecule has 0 atom stereocenters. The predicted molar refractivity (Wildman–Crippen MR) is 152 cm³/mol. The summed E-state index contributed by atoms with van der Waals surface area (Å²) < 4.78 is 0. The summed E-state index contributed by atoms with van der Waals surface area (Å²) in [6.45, 7) is -0.130. The van der Waals surface area contributed by atoms with Gasteiger partial charge >= 0.3 is 0 Å². The number of pyridine rings is 3. The molecule has 0 amide bonds. The van der Waals surface area contributed by atoms with Crippen LogP contribution < -0.4 is 16.1 Å². The van der Waals surface area contributed by atoms with Crippen LogP contribution in [0.3, 0.4) is 0 Å². The van der Waals surface area contributed by atoms with E-state index in [-0.39, 0.29) is 6.71 Å². The maximum Gasteiger partial charge on any atom is 0.290 e. The average Bonchev–Trinajstić information content (AvgIpc) is 2.95. The molecule has 3 heterocycles. The first-order chi connectivity index (χ1) is 17.7. The topological polar surface area (TPSA) is 41.9 Å². The van der Waals surface area contributed by atoms with Gasteiger partial charge in [0.15, 0.2) is 0 Å². The Labute approximate surface area is 215 Å². The number of allylic oxidation sites excluding steroid dienone is 1. The highest BCUT2D eigenvalue weighted by Crippen LogP contribution is 2.43. The van der Waals surface area contributed by atoms with Gasteiger partial charge in [0, 0.05) is 55.1 Å². The summed E-state index contributed by atoms with van der Waals surface area (Å²) in [6.07, 6.45) is 11.9. The van der Waals surface area contributed by atoms with E-state index in [1.54, 1.807) is 0 Å². The smallest absolute Gasteiger partial charge is 0.290 e. The molecule has 5 rings (SSSR count). The van der Waals surface area contributed by atoms with Gasteiger partial charge in [-0.2, -0.15) is 0 Å². The summed E-state index contributed by atoms with van der Waals surface area (Å²) in [7, 11) is 4.26. The third kappa shape index (κ3) is 5.11. The van der Waals surface area contributed by atoms with E-state index in [9.17, 15) is 0 Å². The lowest BCUT2D eigenvalue weighted by Crippen LogP contribution is -2.47. The van der Waals surface area contributed by atoms with Crippen LogP contribution in [0.25, 0.3) is 11.0 Å². The van der Waals surface area contributed by atoms with Crippen molar-refractivity contribution in [1.29, 1.82) is 0 Å². The van der Waals surface area contributed by atoms with Crippen LogP contribution in [0.2, 0.25) is 0 Å². The molecule has 0 aliphatic heterocycles. The quantitative estimate of drug-likeness (QED) is 0.344. The largest absolute Gasteiger partial charge is 0.377 e. The highest BCUT2D eigenvalue weighted by atomic mass is 15.1. The molecular formula is C31H33BN4. The molecule has 0 saturated heterocycles. The van der Waals surface area contributed by atoms with E-state index >= 15 is 0 Å². The Morgan fingerprint density at radius 1 is 0.694 bits per heavy atom. The molecule has 0 spiro atoms. The lowest BCUT2D eigenvalue weighted by molar-refractivity contribution is 0.430. The van der Waals surface area contributed by atoms with Crippen molar-refractivity contribution in [3.05, 3.63) is 109 Å². The Morgan fingerprint density at radius 3 is 1.83 bits per heavy atom. The van der Waals surface area contributed by atoms with Gasteiger partial charge in [-0.05, 0) is 72.3 Å². The van der Waals surface area contributed by atoms with Gasteiger partial charge in [0.1, 0.15) is 0 Å². The molecule has 0 bridgehead atoms. The van der Waals surface area contributed by atoms with E-state index < -0.39 is 0 Å². The number of anilines is 1. The second kappa shape index (κ2) is 11.3. The molecule has 4 nitrogen and oxygen atoms in total. The van der Waals surface area contributed by atoms with Gasteiger partial charge in [0.25, 0.3) is 6.71 Å². The lowest BCUT2D eigenvalue weighted by atomic mass is 9.37. The second-order valence-corrected chi connectivity index (χ2v) is 9.73. The van der Waals surface area contributed by atoms with Crippen LogP contribution in [-0.2, 0) is 0 Å². The molecule has 1 aromatic carbocycles. The summed E-state index contributed by atoms with van der Waals surface area (Å²) in [6, 6.07) is 27.4. The number of benzene rings is 1. The Hall–Kier alpha value is -3.73. The minimum atomic E-state index is -0.130. The molecule has 1 aliphatic rings. The third-order valence-electron chi connectivity index (χ3n) is 7.18. The van der Waals surface area contributed by atoms with Crippen molar-refractivity contribution in [2.75, 3.05) is 19.0 Å². The van der Waals surface area contributed by atoms with Crippen molar-refractivity contribution in [2.24, 2.45) is 5.92 Å². The molecule has 1 saturated carbocycles. The van der Waals surface area contributed by atoms with Crippen LogP contribution in [0.15, 0.2) is 97.5 Å². The van der Waals surface area contributed by atoms with Crippen molar-refractivity contribution in [3.63, 3.8) is 0 Å². The van der Waals surface area contributed by atoms with E-state index in [1.807, 2.05) is 36.8 Å². The third-order valence-corrected chi connectivity index (χ3v) is 7.18. The molecule has 0 N–H and O–H groups in total. The van der Waals surface area contributed by atoms with E-state index in [0.29, 0.717) is 5.92 Å². The van der Waals surface area contributed by atoms with E-state index in [1.165, 1.54) is 54.4 Å². The Bertz CT molecular complexity index is 1240. The fourth-order valence-corrected chi connectivity index (χ4v) is 5.57. The highest BCUT2D eigenvalue weighted by molar-refractivity contribution is 6.99. The first-order valence-electron chi connectivity index (χ1n) is 13.0. The second-order valence-electron chi connectivity index (χ2n) is 9.73. The van der Waals surface area contributed by atoms with Crippen LogP contribution in [0, 0.1) is 5.92 Å². The Balaban J connectivity index is 1.89. The van der Waals surface area contributed by atoms with Gasteiger partial charge < -0.3 is 4.90 Å². The van der Waals surface area contributed by atoms with Crippen LogP contribution in [-0.4, -0.2) is 35.8 Å². The molecule has 5 heteroatoms. The number of nitrogens with zero attached hydrogens (tertiary/aromatic N) is 4. The minimum Gasteiger partial charge on any atom is -0.377 e. The van der Waals surface area contributed by atoms with E-state index in [2.05, 4.69) is 79.7 Å². The van der Waals surface area contributed by atoms with Gasteiger partial charge in [-0.1, -0.05) is 55.7 Å². The molecule has 36 heavy (non-hydrogen) atoms. The molecule has 3 aromatic heterocycles. The van der Waals surface area contributed by atoms with Gasteiger partial charge in [-0.25, -0.2) is 0 Å². The summed E-state index contributed by atoms with van der Waals surface area (Å²) in [4.78, 5) is 16.9. The van der Waals surface area contributed by atoms with Crippen molar-refractivity contribution in [1.82, 2.24) is 15.0 Å². The molecular weight excluding hydrogens is 439 g/mol. The van der Waals surface area contributed by atoms with Crippen LogP contribution in [0.4, 0.5) is 5.69 Å². The van der Waals surface area contributed by atoms with E-state index in [4.69, 9.17) is 15.0 Å². The van der Waals surface area contributed by atoms with Crippen LogP contribution in [0.1, 0.15) is 43.4 Å². The summed E-state index contributed by atoms with van der Waals surface area (Å²) in [5.41, 5.74) is 8.10. The molecule has 4 aromatic rings. The Morgan fingerprint density at radius 2 is 1.28 bits per heavy atom. The molecule has 1 aliphatic carbocycles. The van der Waals surface area contributed by atoms with Crippen molar-refractivity contribution >= 4 is 34.6 Å². The minimum absolute atomic E-state index is 0.130. The molecule has 1 fully saturated rings. The number of rotatable bonds is 7. The number of hydrogen-bond donors (Lipinski definition) is 0. The zero-order valence-electron chi connectivity index (χ0n) is 21.2. The first kappa shape index (κ1) is 24.0. The monoisotopic (exact) mass is 472 g/mol. The zero-order chi connectivity index (χ0) is 24.7. The van der Waals surface area contributed by atoms with Crippen LogP contribution >= 0.6 is 0 Å². The molecule has 180 valence electrons. The lowest BCUT2D eigenvalue weighted by Gasteiger charge is -2.32. The summed E-state index contributed by atoms with van der Waals surface area (Å²) >= 11 is 0. The van der Waals surface area contributed by atoms with Gasteiger partial charge in [-0.15, -0.1) is 0 Å².